The number of hydrogen-bond donors (Lipinski definition) is 4. The van der Waals surface area contributed by atoms with E-state index in [1.54, 1.807) is 23.1 Å². The third-order valence-electron chi connectivity index (χ3n) is 5.99. The number of nitrogens with two attached hydrogens (primary N) is 1. The van der Waals surface area contributed by atoms with Crippen molar-refractivity contribution >= 4 is 11.9 Å². The first-order chi connectivity index (χ1) is 14.1. The zero-order valence-corrected chi connectivity index (χ0v) is 17.9. The molecule has 30 heavy (non-hydrogen) atoms. The summed E-state index contributed by atoms with van der Waals surface area (Å²) in [7, 11) is 0. The van der Waals surface area contributed by atoms with Crippen LogP contribution in [-0.2, 0) is 10.2 Å². The summed E-state index contributed by atoms with van der Waals surface area (Å²) in [6, 6.07) is 4.34. The first-order valence-corrected chi connectivity index (χ1v) is 10.6. The van der Waals surface area contributed by atoms with Crippen LogP contribution in [0.15, 0.2) is 18.2 Å². The van der Waals surface area contributed by atoms with E-state index >= 15 is 0 Å². The fraction of sp³-hybridized carbons (Fsp3) is 0.636. The monoisotopic (exact) mass is 419 g/mol. The Labute approximate surface area is 177 Å². The molecule has 0 aromatic heterocycles. The predicted molar refractivity (Wildman–Crippen MR) is 112 cm³/mol. The summed E-state index contributed by atoms with van der Waals surface area (Å²) in [5.74, 6) is -0.311. The molecule has 8 nitrogen and oxygen atoms in total. The van der Waals surface area contributed by atoms with Crippen molar-refractivity contribution in [1.29, 1.82) is 0 Å². The van der Waals surface area contributed by atoms with Gasteiger partial charge in [-0.3, -0.25) is 10.1 Å². The maximum Gasteiger partial charge on any atom is 0.335 e. The highest BCUT2D eigenvalue weighted by Crippen LogP contribution is 2.33. The molecule has 1 amide bonds. The van der Waals surface area contributed by atoms with Crippen LogP contribution in [0.4, 0.5) is 0 Å². The Bertz CT molecular complexity index is 789. The second-order valence-electron chi connectivity index (χ2n) is 9.30. The van der Waals surface area contributed by atoms with Crippen molar-refractivity contribution in [1.82, 2.24) is 10.2 Å². The molecule has 2 aliphatic rings. The fourth-order valence-corrected chi connectivity index (χ4v) is 4.33. The van der Waals surface area contributed by atoms with E-state index in [9.17, 15) is 19.8 Å². The van der Waals surface area contributed by atoms with Crippen LogP contribution in [0.3, 0.4) is 0 Å². The van der Waals surface area contributed by atoms with Crippen LogP contribution in [0.2, 0.25) is 0 Å². The molecule has 0 aliphatic carbocycles. The summed E-state index contributed by atoms with van der Waals surface area (Å²) < 4.78 is 6.05. The number of aliphatic hydroxyl groups is 1. The molecular weight excluding hydrogens is 386 g/mol. The third kappa shape index (κ3) is 4.94. The van der Waals surface area contributed by atoms with E-state index in [2.05, 4.69) is 5.32 Å². The van der Waals surface area contributed by atoms with E-state index < -0.39 is 12.2 Å². The van der Waals surface area contributed by atoms with Gasteiger partial charge in [0.15, 0.2) is 0 Å². The van der Waals surface area contributed by atoms with Crippen molar-refractivity contribution in [3.8, 4) is 5.75 Å². The lowest BCUT2D eigenvalue weighted by Crippen LogP contribution is -2.52. The van der Waals surface area contributed by atoms with Crippen molar-refractivity contribution in [2.75, 3.05) is 13.2 Å². The summed E-state index contributed by atoms with van der Waals surface area (Å²) in [4.78, 5) is 25.9. The molecule has 1 aromatic rings. The number of aliphatic hydroxyl groups excluding tert-OH is 1. The number of rotatable bonds is 6. The highest BCUT2D eigenvalue weighted by atomic mass is 16.5. The average molecular weight is 420 g/mol. The zero-order chi connectivity index (χ0) is 22.1. The van der Waals surface area contributed by atoms with Gasteiger partial charge in [0.25, 0.3) is 0 Å². The van der Waals surface area contributed by atoms with E-state index in [0.717, 1.165) is 24.8 Å². The molecule has 0 spiro atoms. The van der Waals surface area contributed by atoms with Gasteiger partial charge >= 0.3 is 5.97 Å². The Morgan fingerprint density at radius 1 is 1.30 bits per heavy atom. The lowest BCUT2D eigenvalue weighted by atomic mass is 9.85. The third-order valence-corrected chi connectivity index (χ3v) is 5.99. The van der Waals surface area contributed by atoms with Gasteiger partial charge in [-0.2, -0.15) is 0 Å². The molecule has 4 atom stereocenters. The molecule has 2 aliphatic heterocycles. The first-order valence-electron chi connectivity index (χ1n) is 10.6. The standard InChI is InChI=1S/C22H33N3O5/c1-22(2,3)15-11-13(21(28)29)6-9-18(15)30-12-14-7-8-16(24-14)20(27)25-10-4-5-17(25)19(23)26/h6,9,11,14,16-17,19,24,26H,4-5,7-8,10,12,23H2,1-3H3,(H,28,29)/t14-,16+,17+,19?/m1/s1. The number of likely N-dealkylation sites (tertiary alicyclic amines) is 1. The smallest absolute Gasteiger partial charge is 0.335 e. The maximum absolute atomic E-state index is 12.9. The molecule has 5 N–H and O–H groups in total. The number of carbonyl (C=O) groups is 2. The lowest BCUT2D eigenvalue weighted by molar-refractivity contribution is -0.136. The van der Waals surface area contributed by atoms with Gasteiger partial charge in [-0.25, -0.2) is 4.79 Å². The highest BCUT2D eigenvalue weighted by molar-refractivity contribution is 5.88. The number of nitrogens with one attached hydrogen (secondary N) is 1. The number of nitrogens with zero attached hydrogens (tertiary/aromatic N) is 1. The largest absolute Gasteiger partial charge is 0.492 e. The van der Waals surface area contributed by atoms with Crippen LogP contribution >= 0.6 is 0 Å². The van der Waals surface area contributed by atoms with Gasteiger partial charge in [0, 0.05) is 18.2 Å². The molecule has 8 heteroatoms. The number of benzene rings is 1. The van der Waals surface area contributed by atoms with Gasteiger partial charge in [-0.1, -0.05) is 20.8 Å². The quantitative estimate of drug-likeness (QED) is 0.514. The van der Waals surface area contributed by atoms with Crippen LogP contribution in [-0.4, -0.2) is 64.5 Å². The molecule has 0 saturated carbocycles. The van der Waals surface area contributed by atoms with E-state index in [1.807, 2.05) is 20.8 Å². The van der Waals surface area contributed by atoms with Crippen LogP contribution in [0.25, 0.3) is 0 Å². The molecule has 1 unspecified atom stereocenters. The minimum Gasteiger partial charge on any atom is -0.492 e. The number of carboxylic acids is 1. The normalized spacial score (nSPS) is 25.4. The summed E-state index contributed by atoms with van der Waals surface area (Å²) in [6.07, 6.45) is 2.08. The Morgan fingerprint density at radius 2 is 2.03 bits per heavy atom. The van der Waals surface area contributed by atoms with Crippen LogP contribution < -0.4 is 15.8 Å². The van der Waals surface area contributed by atoms with Gasteiger partial charge < -0.3 is 25.6 Å². The molecule has 2 saturated heterocycles. The van der Waals surface area contributed by atoms with Crippen LogP contribution in [0.5, 0.6) is 5.75 Å². The molecule has 0 bridgehead atoms. The molecule has 2 heterocycles. The van der Waals surface area contributed by atoms with Crippen LogP contribution in [0.1, 0.15) is 62.4 Å². The number of carbonyl (C=O) groups excluding carboxylic acids is 1. The van der Waals surface area contributed by atoms with E-state index in [4.69, 9.17) is 10.5 Å². The Hall–Kier alpha value is -2.16. The Balaban J connectivity index is 1.61. The fourth-order valence-electron chi connectivity index (χ4n) is 4.33. The van der Waals surface area contributed by atoms with Gasteiger partial charge in [-0.05, 0) is 49.3 Å². The number of ether oxygens (including phenoxy) is 1. The lowest BCUT2D eigenvalue weighted by Gasteiger charge is -2.29. The SMILES string of the molecule is CC(C)(C)c1cc(C(=O)O)ccc1OC[C@H]1CC[C@@H](C(=O)N2CCC[C@H]2C(N)O)N1. The van der Waals surface area contributed by atoms with Gasteiger partial charge in [0.05, 0.1) is 17.6 Å². The highest BCUT2D eigenvalue weighted by Gasteiger charge is 2.38. The van der Waals surface area contributed by atoms with Crippen molar-refractivity contribution in [2.24, 2.45) is 5.73 Å². The number of aromatic carboxylic acids is 1. The summed E-state index contributed by atoms with van der Waals surface area (Å²) >= 11 is 0. The molecular formula is C22H33N3O5. The summed E-state index contributed by atoms with van der Waals surface area (Å²) in [6.45, 7) is 7.06. The number of amides is 1. The van der Waals surface area contributed by atoms with Gasteiger partial charge in [0.1, 0.15) is 18.6 Å². The van der Waals surface area contributed by atoms with Gasteiger partial charge in [-0.15, -0.1) is 0 Å². The predicted octanol–water partition coefficient (Wildman–Crippen LogP) is 1.45. The average Bonchev–Trinajstić information content (AvgIpc) is 3.34. The first kappa shape index (κ1) is 22.5. The Morgan fingerprint density at radius 3 is 2.67 bits per heavy atom. The summed E-state index contributed by atoms with van der Waals surface area (Å²) in [5.41, 5.74) is 6.43. The van der Waals surface area contributed by atoms with E-state index in [1.165, 1.54) is 0 Å². The topological polar surface area (TPSA) is 125 Å². The molecule has 166 valence electrons. The maximum atomic E-state index is 12.9. The van der Waals surface area contributed by atoms with E-state index in [-0.39, 0.29) is 35.0 Å². The number of carboxylic acid groups (broad SMARTS) is 1. The van der Waals surface area contributed by atoms with Crippen molar-refractivity contribution in [3.63, 3.8) is 0 Å². The second-order valence-corrected chi connectivity index (χ2v) is 9.30. The minimum absolute atomic E-state index is 0.00862. The molecule has 0 radical (unpaired) electrons. The molecule has 3 rings (SSSR count). The molecule has 2 fully saturated rings. The Kier molecular flexibility index (Phi) is 6.69. The number of hydrogen-bond acceptors (Lipinski definition) is 6. The molecule has 1 aromatic carbocycles. The zero-order valence-electron chi connectivity index (χ0n) is 17.9. The summed E-state index contributed by atoms with van der Waals surface area (Å²) in [5, 5.41) is 22.4. The second kappa shape index (κ2) is 8.91. The van der Waals surface area contributed by atoms with Crippen molar-refractivity contribution in [2.45, 2.75) is 76.2 Å². The van der Waals surface area contributed by atoms with Gasteiger partial charge in [0.2, 0.25) is 5.91 Å². The van der Waals surface area contributed by atoms with Crippen molar-refractivity contribution in [3.05, 3.63) is 29.3 Å². The van der Waals surface area contributed by atoms with Crippen LogP contribution in [0, 0.1) is 0 Å². The minimum atomic E-state index is -1.01. The van der Waals surface area contributed by atoms with Crippen molar-refractivity contribution < 1.29 is 24.5 Å². The van der Waals surface area contributed by atoms with E-state index in [0.29, 0.717) is 25.3 Å².